The van der Waals surface area contributed by atoms with E-state index in [0.717, 1.165) is 24.5 Å². The van der Waals surface area contributed by atoms with E-state index in [1.54, 1.807) is 0 Å². The molecule has 19 heavy (non-hydrogen) atoms. The van der Waals surface area contributed by atoms with Crippen LogP contribution in [-0.2, 0) is 0 Å². The molecule has 0 saturated heterocycles. The second kappa shape index (κ2) is 4.56. The van der Waals surface area contributed by atoms with Gasteiger partial charge in [0.15, 0.2) is 0 Å². The average Bonchev–Trinajstić information content (AvgIpc) is 2.47. The Hall–Kier alpha value is -2.63. The first kappa shape index (κ1) is 11.5. The molecule has 0 aliphatic carbocycles. The second-order valence-corrected chi connectivity index (χ2v) is 4.17. The lowest BCUT2D eigenvalue weighted by atomic mass is 10.2. The van der Waals surface area contributed by atoms with Crippen LogP contribution in [0, 0.1) is 0 Å². The van der Waals surface area contributed by atoms with Crippen LogP contribution < -0.4 is 10.2 Å². The maximum atomic E-state index is 10.8. The number of para-hydroxylation sites is 2. The van der Waals surface area contributed by atoms with Crippen LogP contribution in [0.2, 0.25) is 0 Å². The molecule has 2 heterocycles. The van der Waals surface area contributed by atoms with Crippen LogP contribution >= 0.6 is 0 Å². The number of carboxylic acid groups (broad SMARTS) is 1. The molecule has 1 aromatic carbocycles. The third kappa shape index (κ3) is 2.08. The topological polar surface area (TPSA) is 78.3 Å². The number of hydrogen-bond donors (Lipinski definition) is 2. The largest absolute Gasteiger partial charge is 0.478 e. The van der Waals surface area contributed by atoms with Gasteiger partial charge in [0.2, 0.25) is 5.95 Å². The Morgan fingerprint density at radius 1 is 1.26 bits per heavy atom. The molecule has 6 heteroatoms. The number of benzene rings is 1. The van der Waals surface area contributed by atoms with E-state index in [0.29, 0.717) is 5.95 Å². The normalized spacial score (nSPS) is 13.6. The molecule has 2 N–H and O–H groups in total. The predicted octanol–water partition coefficient (Wildman–Crippen LogP) is 1.74. The summed E-state index contributed by atoms with van der Waals surface area (Å²) in [6, 6.07) is 7.89. The number of fused-ring (bicyclic) bond motifs is 1. The zero-order valence-electron chi connectivity index (χ0n) is 10.1. The van der Waals surface area contributed by atoms with Crippen LogP contribution in [-0.4, -0.2) is 34.1 Å². The third-order valence-corrected chi connectivity index (χ3v) is 2.97. The number of rotatable bonds is 2. The Labute approximate surface area is 109 Å². The summed E-state index contributed by atoms with van der Waals surface area (Å²) in [5, 5.41) is 12.1. The van der Waals surface area contributed by atoms with Crippen LogP contribution in [0.3, 0.4) is 0 Å². The summed E-state index contributed by atoms with van der Waals surface area (Å²) in [5.41, 5.74) is 2.11. The lowest BCUT2D eigenvalue weighted by Gasteiger charge is -2.30. The number of carboxylic acids is 1. The van der Waals surface area contributed by atoms with Crippen molar-refractivity contribution in [3.05, 3.63) is 42.2 Å². The number of nitrogens with zero attached hydrogens (tertiary/aromatic N) is 3. The predicted molar refractivity (Wildman–Crippen MR) is 70.9 cm³/mol. The van der Waals surface area contributed by atoms with Gasteiger partial charge in [-0.25, -0.2) is 14.8 Å². The highest BCUT2D eigenvalue weighted by Gasteiger charge is 2.19. The standard InChI is InChI=1S/C13H12N4O2/c18-12(19)9-7-15-13(16-8-9)17-6-5-14-10-3-1-2-4-11(10)17/h1-4,7-8,14H,5-6H2,(H,18,19). The van der Waals surface area contributed by atoms with Crippen molar-refractivity contribution >= 4 is 23.3 Å². The van der Waals surface area contributed by atoms with Crippen molar-refractivity contribution in [2.75, 3.05) is 23.3 Å². The molecule has 0 saturated carbocycles. The van der Waals surface area contributed by atoms with Gasteiger partial charge >= 0.3 is 5.97 Å². The summed E-state index contributed by atoms with van der Waals surface area (Å²) in [6.45, 7) is 1.53. The summed E-state index contributed by atoms with van der Waals surface area (Å²) in [6.07, 6.45) is 2.66. The Balaban J connectivity index is 1.97. The minimum absolute atomic E-state index is 0.0900. The molecular weight excluding hydrogens is 244 g/mol. The molecule has 0 amide bonds. The zero-order valence-corrected chi connectivity index (χ0v) is 10.1. The fourth-order valence-corrected chi connectivity index (χ4v) is 2.06. The van der Waals surface area contributed by atoms with E-state index in [1.165, 1.54) is 12.4 Å². The van der Waals surface area contributed by atoms with Crippen molar-refractivity contribution < 1.29 is 9.90 Å². The monoisotopic (exact) mass is 256 g/mol. The first-order valence-electron chi connectivity index (χ1n) is 5.91. The molecule has 1 aliphatic heterocycles. The highest BCUT2D eigenvalue weighted by Crippen LogP contribution is 2.32. The summed E-state index contributed by atoms with van der Waals surface area (Å²) >= 11 is 0. The molecule has 1 aliphatic rings. The zero-order chi connectivity index (χ0) is 13.2. The lowest BCUT2D eigenvalue weighted by molar-refractivity contribution is 0.0696. The molecule has 1 aromatic heterocycles. The fraction of sp³-hybridized carbons (Fsp3) is 0.154. The minimum atomic E-state index is -1.02. The molecule has 0 bridgehead atoms. The molecule has 0 radical (unpaired) electrons. The Bertz CT molecular complexity index is 612. The molecular formula is C13H12N4O2. The number of carbonyl (C=O) groups is 1. The van der Waals surface area contributed by atoms with Crippen molar-refractivity contribution in [1.29, 1.82) is 0 Å². The highest BCUT2D eigenvalue weighted by atomic mass is 16.4. The molecule has 3 rings (SSSR count). The van der Waals surface area contributed by atoms with Crippen LogP contribution in [0.25, 0.3) is 0 Å². The second-order valence-electron chi connectivity index (χ2n) is 4.17. The number of aromatic carboxylic acids is 1. The van der Waals surface area contributed by atoms with E-state index < -0.39 is 5.97 Å². The summed E-state index contributed by atoms with van der Waals surface area (Å²) in [7, 11) is 0. The maximum absolute atomic E-state index is 10.8. The van der Waals surface area contributed by atoms with Crippen LogP contribution in [0.4, 0.5) is 17.3 Å². The number of hydrogen-bond acceptors (Lipinski definition) is 5. The smallest absolute Gasteiger partial charge is 0.338 e. The van der Waals surface area contributed by atoms with Crippen LogP contribution in [0.1, 0.15) is 10.4 Å². The van der Waals surface area contributed by atoms with Gasteiger partial charge in [0.1, 0.15) is 0 Å². The SMILES string of the molecule is O=C(O)c1cnc(N2CCNc3ccccc32)nc1. The number of anilines is 3. The van der Waals surface area contributed by atoms with Gasteiger partial charge < -0.3 is 15.3 Å². The van der Waals surface area contributed by atoms with E-state index in [-0.39, 0.29) is 5.56 Å². The molecule has 2 aromatic rings. The fourth-order valence-electron chi connectivity index (χ4n) is 2.06. The van der Waals surface area contributed by atoms with Gasteiger partial charge in [0.25, 0.3) is 0 Å². The Morgan fingerprint density at radius 2 is 2.00 bits per heavy atom. The first-order valence-corrected chi connectivity index (χ1v) is 5.91. The van der Waals surface area contributed by atoms with Crippen LogP contribution in [0.5, 0.6) is 0 Å². The van der Waals surface area contributed by atoms with Gasteiger partial charge in [-0.1, -0.05) is 12.1 Å². The Kier molecular flexibility index (Phi) is 2.75. The van der Waals surface area contributed by atoms with E-state index in [1.807, 2.05) is 29.2 Å². The minimum Gasteiger partial charge on any atom is -0.478 e. The van der Waals surface area contributed by atoms with Gasteiger partial charge in [-0.2, -0.15) is 0 Å². The Morgan fingerprint density at radius 3 is 2.74 bits per heavy atom. The molecule has 6 nitrogen and oxygen atoms in total. The van der Waals surface area contributed by atoms with Crippen LogP contribution in [0.15, 0.2) is 36.7 Å². The molecule has 0 atom stereocenters. The quantitative estimate of drug-likeness (QED) is 0.852. The lowest BCUT2D eigenvalue weighted by Crippen LogP contribution is -2.31. The van der Waals surface area contributed by atoms with E-state index in [2.05, 4.69) is 15.3 Å². The van der Waals surface area contributed by atoms with Crippen molar-refractivity contribution in [2.24, 2.45) is 0 Å². The van der Waals surface area contributed by atoms with E-state index in [9.17, 15) is 4.79 Å². The summed E-state index contributed by atoms with van der Waals surface area (Å²) in [4.78, 5) is 21.0. The van der Waals surface area contributed by atoms with Gasteiger partial charge in [0, 0.05) is 25.5 Å². The average molecular weight is 256 g/mol. The molecule has 96 valence electrons. The molecule has 0 unspecified atom stereocenters. The van der Waals surface area contributed by atoms with Gasteiger partial charge in [-0.15, -0.1) is 0 Å². The van der Waals surface area contributed by atoms with E-state index in [4.69, 9.17) is 5.11 Å². The summed E-state index contributed by atoms with van der Waals surface area (Å²) in [5.74, 6) is -0.508. The molecule has 0 spiro atoms. The van der Waals surface area contributed by atoms with Crippen molar-refractivity contribution in [3.8, 4) is 0 Å². The first-order chi connectivity index (χ1) is 9.25. The number of nitrogens with one attached hydrogen (secondary N) is 1. The van der Waals surface area contributed by atoms with E-state index >= 15 is 0 Å². The number of aromatic nitrogens is 2. The van der Waals surface area contributed by atoms with Gasteiger partial charge in [-0.05, 0) is 12.1 Å². The van der Waals surface area contributed by atoms with Crippen molar-refractivity contribution in [1.82, 2.24) is 9.97 Å². The maximum Gasteiger partial charge on any atom is 0.338 e. The van der Waals surface area contributed by atoms with Gasteiger partial charge in [0.05, 0.1) is 16.9 Å². The summed E-state index contributed by atoms with van der Waals surface area (Å²) < 4.78 is 0. The van der Waals surface area contributed by atoms with Crippen molar-refractivity contribution in [3.63, 3.8) is 0 Å². The van der Waals surface area contributed by atoms with Crippen molar-refractivity contribution in [2.45, 2.75) is 0 Å². The molecule has 0 fully saturated rings. The highest BCUT2D eigenvalue weighted by molar-refractivity contribution is 5.87. The van der Waals surface area contributed by atoms with Gasteiger partial charge in [-0.3, -0.25) is 0 Å². The third-order valence-electron chi connectivity index (χ3n) is 2.97.